The zero-order valence-corrected chi connectivity index (χ0v) is 9.44. The van der Waals surface area contributed by atoms with E-state index in [4.69, 9.17) is 0 Å². The molecule has 0 unspecified atom stereocenters. The molecule has 3 rings (SSSR count). The van der Waals surface area contributed by atoms with Gasteiger partial charge in [0.1, 0.15) is 0 Å². The van der Waals surface area contributed by atoms with E-state index in [1.807, 2.05) is 10.8 Å². The predicted octanol–water partition coefficient (Wildman–Crippen LogP) is 1.51. The average molecular weight is 248 g/mol. The van der Waals surface area contributed by atoms with Gasteiger partial charge in [-0.1, -0.05) is 0 Å². The van der Waals surface area contributed by atoms with Crippen LogP contribution in [0.15, 0.2) is 23.2 Å². The summed E-state index contributed by atoms with van der Waals surface area (Å²) >= 11 is 2.90. The molecule has 0 aliphatic carbocycles. The van der Waals surface area contributed by atoms with Crippen molar-refractivity contribution in [2.24, 2.45) is 0 Å². The highest BCUT2D eigenvalue weighted by Crippen LogP contribution is 2.18. The minimum Gasteiger partial charge on any atom is -0.241 e. The number of hydrogen-bond donors (Lipinski definition) is 0. The van der Waals surface area contributed by atoms with Crippen LogP contribution in [0.5, 0.6) is 0 Å². The minimum atomic E-state index is 0.440. The van der Waals surface area contributed by atoms with Crippen molar-refractivity contribution in [1.82, 2.24) is 30.4 Å². The lowest BCUT2D eigenvalue weighted by Gasteiger charge is -1.93. The van der Waals surface area contributed by atoms with Crippen LogP contribution in [0.1, 0.15) is 0 Å². The van der Waals surface area contributed by atoms with Crippen LogP contribution >= 0.6 is 22.7 Å². The van der Waals surface area contributed by atoms with Crippen molar-refractivity contribution in [2.45, 2.75) is 0 Å². The lowest BCUT2D eigenvalue weighted by molar-refractivity contribution is 0.873. The van der Waals surface area contributed by atoms with Crippen molar-refractivity contribution >= 4 is 22.7 Å². The third-order valence-electron chi connectivity index (χ3n) is 1.73. The smallest absolute Gasteiger partial charge is 0.232 e. The molecule has 8 heteroatoms. The molecule has 16 heavy (non-hydrogen) atoms. The number of rotatable bonds is 2. The Hall–Kier alpha value is -1.80. The number of hydrogen-bond acceptors (Lipinski definition) is 8. The molecule has 0 aromatic carbocycles. The Labute approximate surface area is 98.1 Å². The fourth-order valence-electron chi connectivity index (χ4n) is 1.07. The van der Waals surface area contributed by atoms with E-state index in [0.717, 1.165) is 0 Å². The fourth-order valence-corrected chi connectivity index (χ4v) is 2.19. The van der Waals surface area contributed by atoms with E-state index in [1.165, 1.54) is 22.7 Å². The van der Waals surface area contributed by atoms with Crippen molar-refractivity contribution in [2.75, 3.05) is 0 Å². The van der Waals surface area contributed by atoms with Crippen LogP contribution in [0.3, 0.4) is 0 Å². The van der Waals surface area contributed by atoms with Crippen LogP contribution < -0.4 is 0 Å². The summed E-state index contributed by atoms with van der Waals surface area (Å²) in [4.78, 5) is 8.16. The Balaban J connectivity index is 1.97. The van der Waals surface area contributed by atoms with Gasteiger partial charge in [0.05, 0.1) is 0 Å². The highest BCUT2D eigenvalue weighted by molar-refractivity contribution is 7.13. The summed E-state index contributed by atoms with van der Waals surface area (Å²) in [6.45, 7) is 0. The van der Waals surface area contributed by atoms with Gasteiger partial charge in [0.25, 0.3) is 0 Å². The van der Waals surface area contributed by atoms with E-state index in [-0.39, 0.29) is 0 Å². The van der Waals surface area contributed by atoms with E-state index in [1.54, 1.807) is 12.4 Å². The molecule has 3 heterocycles. The van der Waals surface area contributed by atoms with E-state index in [0.29, 0.717) is 21.7 Å². The first-order chi connectivity index (χ1) is 7.93. The molecule has 0 spiro atoms. The van der Waals surface area contributed by atoms with Crippen LogP contribution in [0.25, 0.3) is 21.7 Å². The summed E-state index contributed by atoms with van der Waals surface area (Å²) in [5.41, 5.74) is 0. The summed E-state index contributed by atoms with van der Waals surface area (Å²) in [7, 11) is 0. The van der Waals surface area contributed by atoms with E-state index >= 15 is 0 Å². The lowest BCUT2D eigenvalue weighted by Crippen LogP contribution is -1.98. The number of nitrogens with zero attached hydrogens (tertiary/aromatic N) is 6. The van der Waals surface area contributed by atoms with Crippen LogP contribution in [0, 0.1) is 0 Å². The number of thiazole rings is 2. The fraction of sp³-hybridized carbons (Fsp3) is 0. The molecule has 0 saturated carbocycles. The zero-order chi connectivity index (χ0) is 10.8. The third kappa shape index (κ3) is 1.68. The maximum atomic E-state index is 4.08. The van der Waals surface area contributed by atoms with Gasteiger partial charge in [-0.25, -0.2) is 9.97 Å². The van der Waals surface area contributed by atoms with E-state index < -0.39 is 0 Å². The van der Waals surface area contributed by atoms with Crippen LogP contribution in [0.4, 0.5) is 0 Å². The standard InChI is InChI=1S/C8H4N6S2/c1-3-15-7(9-1)5-11-13-6(14-12-5)8-10-2-4-16-8/h1-4H. The van der Waals surface area contributed by atoms with E-state index in [2.05, 4.69) is 30.4 Å². The van der Waals surface area contributed by atoms with Gasteiger partial charge in [-0.05, 0) is 0 Å². The second kappa shape index (κ2) is 3.99. The Morgan fingerprint density at radius 3 is 1.44 bits per heavy atom. The van der Waals surface area contributed by atoms with Crippen molar-refractivity contribution in [3.63, 3.8) is 0 Å². The molecule has 0 aliphatic heterocycles. The Morgan fingerprint density at radius 1 is 0.688 bits per heavy atom. The van der Waals surface area contributed by atoms with Gasteiger partial charge in [-0.3, -0.25) is 0 Å². The highest BCUT2D eigenvalue weighted by Gasteiger charge is 2.09. The Kier molecular flexibility index (Phi) is 2.35. The second-order valence-electron chi connectivity index (χ2n) is 2.72. The van der Waals surface area contributed by atoms with Gasteiger partial charge < -0.3 is 0 Å². The highest BCUT2D eigenvalue weighted by atomic mass is 32.1. The largest absolute Gasteiger partial charge is 0.241 e. The van der Waals surface area contributed by atoms with Crippen LogP contribution in [-0.4, -0.2) is 30.4 Å². The second-order valence-corrected chi connectivity index (χ2v) is 4.51. The maximum Gasteiger partial charge on any atom is 0.232 e. The first-order valence-electron chi connectivity index (χ1n) is 4.30. The molecule has 6 nitrogen and oxygen atoms in total. The SMILES string of the molecule is c1csc(-c2nnc(-c3nccs3)nn2)n1. The number of aromatic nitrogens is 6. The molecule has 3 aromatic rings. The van der Waals surface area contributed by atoms with Crippen molar-refractivity contribution in [3.05, 3.63) is 23.2 Å². The van der Waals surface area contributed by atoms with E-state index in [9.17, 15) is 0 Å². The molecule has 0 saturated heterocycles. The van der Waals surface area contributed by atoms with Crippen LogP contribution in [-0.2, 0) is 0 Å². The summed E-state index contributed by atoms with van der Waals surface area (Å²) in [5.74, 6) is 0.880. The molecule has 0 atom stereocenters. The molecule has 0 radical (unpaired) electrons. The zero-order valence-electron chi connectivity index (χ0n) is 7.81. The first kappa shape index (κ1) is 9.43. The molecule has 0 aliphatic rings. The predicted molar refractivity (Wildman–Crippen MR) is 59.8 cm³/mol. The lowest BCUT2D eigenvalue weighted by atomic mass is 10.6. The van der Waals surface area contributed by atoms with Gasteiger partial charge in [0.2, 0.25) is 11.6 Å². The molecule has 3 aromatic heterocycles. The van der Waals surface area contributed by atoms with Gasteiger partial charge in [-0.15, -0.1) is 43.1 Å². The van der Waals surface area contributed by atoms with Crippen LogP contribution in [0.2, 0.25) is 0 Å². The molecule has 0 amide bonds. The average Bonchev–Trinajstić information content (AvgIpc) is 3.03. The third-order valence-corrected chi connectivity index (χ3v) is 3.26. The quantitative estimate of drug-likeness (QED) is 0.684. The van der Waals surface area contributed by atoms with Gasteiger partial charge in [0.15, 0.2) is 10.0 Å². The van der Waals surface area contributed by atoms with Gasteiger partial charge in [-0.2, -0.15) is 0 Å². The summed E-state index contributed by atoms with van der Waals surface area (Å²) < 4.78 is 0. The van der Waals surface area contributed by atoms with Gasteiger partial charge in [0, 0.05) is 23.2 Å². The summed E-state index contributed by atoms with van der Waals surface area (Å²) in [5, 5.41) is 21.0. The molecular weight excluding hydrogens is 244 g/mol. The summed E-state index contributed by atoms with van der Waals surface area (Å²) in [6.07, 6.45) is 3.39. The Morgan fingerprint density at radius 2 is 1.12 bits per heavy atom. The minimum absolute atomic E-state index is 0.440. The maximum absolute atomic E-state index is 4.08. The van der Waals surface area contributed by atoms with Crippen molar-refractivity contribution in [1.29, 1.82) is 0 Å². The Bertz CT molecular complexity index is 506. The summed E-state index contributed by atoms with van der Waals surface area (Å²) in [6, 6.07) is 0. The van der Waals surface area contributed by atoms with Crippen molar-refractivity contribution in [3.8, 4) is 21.7 Å². The monoisotopic (exact) mass is 248 g/mol. The molecule has 0 bridgehead atoms. The normalized spacial score (nSPS) is 10.5. The molecule has 78 valence electrons. The molecular formula is C8H4N6S2. The molecule has 0 fully saturated rings. The van der Waals surface area contributed by atoms with Crippen molar-refractivity contribution < 1.29 is 0 Å². The topological polar surface area (TPSA) is 77.3 Å². The molecule has 0 N–H and O–H groups in total. The van der Waals surface area contributed by atoms with Gasteiger partial charge >= 0.3 is 0 Å². The first-order valence-corrected chi connectivity index (χ1v) is 6.06.